The van der Waals surface area contributed by atoms with Crippen molar-refractivity contribution in [3.8, 4) is 0 Å². The molecule has 1 heterocycles. The number of aryl methyl sites for hydroxylation is 2. The second-order valence-electron chi connectivity index (χ2n) is 2.73. The van der Waals surface area contributed by atoms with Gasteiger partial charge >= 0.3 is 0 Å². The quantitative estimate of drug-likeness (QED) is 0.719. The monoisotopic (exact) mass is 184 g/mol. The van der Waals surface area contributed by atoms with Gasteiger partial charge in [-0.3, -0.25) is 5.10 Å². The SMILES string of the molecule is Cc1n[nH]c(C)c1C=CCCCl. The van der Waals surface area contributed by atoms with E-state index in [0.717, 1.165) is 17.8 Å². The lowest BCUT2D eigenvalue weighted by Crippen LogP contribution is -1.77. The van der Waals surface area contributed by atoms with E-state index in [1.165, 1.54) is 5.56 Å². The highest BCUT2D eigenvalue weighted by Gasteiger charge is 2.00. The largest absolute Gasteiger partial charge is 0.282 e. The Balaban J connectivity index is 2.73. The number of allylic oxidation sites excluding steroid dienone is 1. The first-order chi connectivity index (χ1) is 5.75. The Morgan fingerprint density at radius 1 is 1.50 bits per heavy atom. The Bertz CT molecular complexity index is 257. The second-order valence-corrected chi connectivity index (χ2v) is 3.11. The van der Waals surface area contributed by atoms with E-state index < -0.39 is 0 Å². The lowest BCUT2D eigenvalue weighted by molar-refractivity contribution is 1.02. The minimum atomic E-state index is 0.673. The van der Waals surface area contributed by atoms with Gasteiger partial charge in [-0.25, -0.2) is 0 Å². The summed E-state index contributed by atoms with van der Waals surface area (Å²) in [5.74, 6) is 0.673. The minimum Gasteiger partial charge on any atom is -0.282 e. The van der Waals surface area contributed by atoms with Gasteiger partial charge in [0.05, 0.1) is 5.69 Å². The lowest BCUT2D eigenvalue weighted by atomic mass is 10.2. The number of hydrogen-bond donors (Lipinski definition) is 1. The highest BCUT2D eigenvalue weighted by atomic mass is 35.5. The van der Waals surface area contributed by atoms with E-state index in [2.05, 4.69) is 22.3 Å². The van der Waals surface area contributed by atoms with Gasteiger partial charge in [0, 0.05) is 17.1 Å². The van der Waals surface area contributed by atoms with Crippen LogP contribution in [-0.2, 0) is 0 Å². The Kier molecular flexibility index (Phi) is 3.35. The van der Waals surface area contributed by atoms with Crippen LogP contribution in [0.4, 0.5) is 0 Å². The predicted molar refractivity (Wildman–Crippen MR) is 52.4 cm³/mol. The summed E-state index contributed by atoms with van der Waals surface area (Å²) in [6.07, 6.45) is 5.04. The molecule has 1 rings (SSSR count). The summed E-state index contributed by atoms with van der Waals surface area (Å²) in [6.45, 7) is 4.00. The molecule has 1 aromatic rings. The number of aromatic nitrogens is 2. The third kappa shape index (κ3) is 2.11. The van der Waals surface area contributed by atoms with Crippen LogP contribution in [0.25, 0.3) is 6.08 Å². The zero-order valence-electron chi connectivity index (χ0n) is 7.39. The van der Waals surface area contributed by atoms with E-state index in [0.29, 0.717) is 5.88 Å². The number of aromatic amines is 1. The van der Waals surface area contributed by atoms with Crippen LogP contribution >= 0.6 is 11.6 Å². The van der Waals surface area contributed by atoms with Gasteiger partial charge in [-0.1, -0.05) is 12.2 Å². The maximum atomic E-state index is 5.55. The predicted octanol–water partition coefficient (Wildman–Crippen LogP) is 2.67. The third-order valence-corrected chi connectivity index (χ3v) is 1.96. The number of nitrogens with zero attached hydrogens (tertiary/aromatic N) is 1. The van der Waals surface area contributed by atoms with Gasteiger partial charge in [0.25, 0.3) is 0 Å². The Morgan fingerprint density at radius 2 is 2.25 bits per heavy atom. The van der Waals surface area contributed by atoms with Crippen molar-refractivity contribution in [2.24, 2.45) is 0 Å². The van der Waals surface area contributed by atoms with Crippen LogP contribution < -0.4 is 0 Å². The average molecular weight is 185 g/mol. The summed E-state index contributed by atoms with van der Waals surface area (Å²) in [7, 11) is 0. The van der Waals surface area contributed by atoms with E-state index in [1.807, 2.05) is 13.8 Å². The fourth-order valence-corrected chi connectivity index (χ4v) is 1.20. The molecule has 0 fully saturated rings. The van der Waals surface area contributed by atoms with Crippen LogP contribution in [0, 0.1) is 13.8 Å². The van der Waals surface area contributed by atoms with Gasteiger partial charge in [-0.15, -0.1) is 11.6 Å². The van der Waals surface area contributed by atoms with Crippen LogP contribution in [0.1, 0.15) is 23.4 Å². The molecule has 12 heavy (non-hydrogen) atoms. The van der Waals surface area contributed by atoms with Crippen molar-refractivity contribution in [2.45, 2.75) is 20.3 Å². The molecule has 0 saturated carbocycles. The molecule has 0 bridgehead atoms. The summed E-state index contributed by atoms with van der Waals surface area (Å²) >= 11 is 5.55. The van der Waals surface area contributed by atoms with Gasteiger partial charge in [0.15, 0.2) is 0 Å². The summed E-state index contributed by atoms with van der Waals surface area (Å²) in [6, 6.07) is 0. The fraction of sp³-hybridized carbons (Fsp3) is 0.444. The zero-order chi connectivity index (χ0) is 8.97. The van der Waals surface area contributed by atoms with Gasteiger partial charge in [0.2, 0.25) is 0 Å². The molecular weight excluding hydrogens is 172 g/mol. The van der Waals surface area contributed by atoms with Crippen molar-refractivity contribution in [2.75, 3.05) is 5.88 Å². The van der Waals surface area contributed by atoms with Gasteiger partial charge in [-0.2, -0.15) is 5.10 Å². The van der Waals surface area contributed by atoms with E-state index in [1.54, 1.807) is 0 Å². The maximum absolute atomic E-state index is 5.55. The number of halogens is 1. The van der Waals surface area contributed by atoms with Crippen molar-refractivity contribution < 1.29 is 0 Å². The summed E-state index contributed by atoms with van der Waals surface area (Å²) in [4.78, 5) is 0. The van der Waals surface area contributed by atoms with Crippen molar-refractivity contribution >= 4 is 17.7 Å². The molecule has 0 unspecified atom stereocenters. The highest BCUT2D eigenvalue weighted by molar-refractivity contribution is 6.17. The minimum absolute atomic E-state index is 0.673. The van der Waals surface area contributed by atoms with Crippen LogP contribution in [0.15, 0.2) is 6.08 Å². The van der Waals surface area contributed by atoms with Gasteiger partial charge in [-0.05, 0) is 20.3 Å². The smallest absolute Gasteiger partial charge is 0.0666 e. The second kappa shape index (κ2) is 4.31. The lowest BCUT2D eigenvalue weighted by Gasteiger charge is -1.90. The fourth-order valence-electron chi connectivity index (χ4n) is 1.07. The molecule has 66 valence electrons. The molecule has 0 aliphatic heterocycles. The normalized spacial score (nSPS) is 11.2. The van der Waals surface area contributed by atoms with E-state index in [9.17, 15) is 0 Å². The Labute approximate surface area is 77.6 Å². The van der Waals surface area contributed by atoms with Gasteiger partial charge in [0.1, 0.15) is 0 Å². The highest BCUT2D eigenvalue weighted by Crippen LogP contribution is 2.11. The summed E-state index contributed by atoms with van der Waals surface area (Å²) < 4.78 is 0. The molecule has 0 spiro atoms. The number of rotatable bonds is 3. The molecule has 0 saturated heterocycles. The molecule has 0 atom stereocenters. The van der Waals surface area contributed by atoms with Crippen molar-refractivity contribution in [3.05, 3.63) is 23.0 Å². The molecule has 2 nitrogen and oxygen atoms in total. The number of hydrogen-bond acceptors (Lipinski definition) is 1. The summed E-state index contributed by atoms with van der Waals surface area (Å²) in [5, 5.41) is 7.02. The molecular formula is C9H13ClN2. The van der Waals surface area contributed by atoms with Crippen LogP contribution in [0.2, 0.25) is 0 Å². The molecule has 0 aliphatic carbocycles. The molecule has 0 aromatic carbocycles. The van der Waals surface area contributed by atoms with E-state index in [4.69, 9.17) is 11.6 Å². The molecule has 1 aromatic heterocycles. The Hall–Kier alpha value is -0.760. The van der Waals surface area contributed by atoms with E-state index >= 15 is 0 Å². The zero-order valence-corrected chi connectivity index (χ0v) is 8.15. The van der Waals surface area contributed by atoms with Crippen molar-refractivity contribution in [1.82, 2.24) is 10.2 Å². The van der Waals surface area contributed by atoms with E-state index in [-0.39, 0.29) is 0 Å². The molecule has 0 aliphatic rings. The number of H-pyrrole nitrogens is 1. The van der Waals surface area contributed by atoms with Gasteiger partial charge < -0.3 is 0 Å². The van der Waals surface area contributed by atoms with Crippen molar-refractivity contribution in [1.29, 1.82) is 0 Å². The van der Waals surface area contributed by atoms with Crippen molar-refractivity contribution in [3.63, 3.8) is 0 Å². The molecule has 0 radical (unpaired) electrons. The topological polar surface area (TPSA) is 28.7 Å². The average Bonchev–Trinajstić information content (AvgIpc) is 2.35. The van der Waals surface area contributed by atoms with Crippen LogP contribution in [0.5, 0.6) is 0 Å². The van der Waals surface area contributed by atoms with Crippen LogP contribution in [0.3, 0.4) is 0 Å². The number of alkyl halides is 1. The summed E-state index contributed by atoms with van der Waals surface area (Å²) in [5.41, 5.74) is 3.33. The van der Waals surface area contributed by atoms with Crippen LogP contribution in [-0.4, -0.2) is 16.1 Å². The molecule has 1 N–H and O–H groups in total. The third-order valence-electron chi connectivity index (χ3n) is 1.75. The first kappa shape index (κ1) is 9.33. The maximum Gasteiger partial charge on any atom is 0.0666 e. The standard InChI is InChI=1S/C9H13ClN2/c1-7-9(5-3-4-6-10)8(2)12-11-7/h3,5H,4,6H2,1-2H3,(H,11,12). The number of nitrogens with one attached hydrogen (secondary N) is 1. The Morgan fingerprint density at radius 3 is 2.75 bits per heavy atom. The molecule has 0 amide bonds. The molecule has 3 heteroatoms. The first-order valence-electron chi connectivity index (χ1n) is 3.99. The first-order valence-corrected chi connectivity index (χ1v) is 4.53.